The van der Waals surface area contributed by atoms with Gasteiger partial charge in [-0.1, -0.05) is 0 Å². The number of carbonyl (C=O) groups is 2. The molecule has 0 aromatic heterocycles. The van der Waals surface area contributed by atoms with Crippen LogP contribution in [0.4, 0.5) is 0 Å². The smallest absolute Gasteiger partial charge is 0.379 e. The summed E-state index contributed by atoms with van der Waals surface area (Å²) >= 11 is 3.56. The van der Waals surface area contributed by atoms with Crippen molar-refractivity contribution in [2.75, 3.05) is 6.61 Å². The molecule has 0 aromatic carbocycles. The number of aliphatic carboxylic acids is 1. The molecule has 0 aliphatic carbocycles. The van der Waals surface area contributed by atoms with E-state index in [1.165, 1.54) is 0 Å². The molecule has 0 bridgehead atoms. The van der Waals surface area contributed by atoms with Crippen LogP contribution in [0.2, 0.25) is 0 Å². The zero-order chi connectivity index (χ0) is 9.56. The second kappa shape index (κ2) is 5.62. The Kier molecular flexibility index (Phi) is 5.14. The highest BCUT2D eigenvalue weighted by atomic mass is 32.1. The van der Waals surface area contributed by atoms with Crippen molar-refractivity contribution in [3.8, 4) is 0 Å². The van der Waals surface area contributed by atoms with Crippen molar-refractivity contribution in [2.45, 2.75) is 6.92 Å². The lowest BCUT2D eigenvalue weighted by Crippen LogP contribution is -2.06. The molecule has 0 aliphatic heterocycles. The quantitative estimate of drug-likeness (QED) is 0.291. The van der Waals surface area contributed by atoms with Crippen LogP contribution in [0, 0.1) is 0 Å². The molecule has 0 rings (SSSR count). The monoisotopic (exact) mass is 192 g/mol. The van der Waals surface area contributed by atoms with E-state index in [2.05, 4.69) is 22.4 Å². The Morgan fingerprint density at radius 1 is 1.58 bits per heavy atom. The van der Waals surface area contributed by atoms with Gasteiger partial charge in [-0.25, -0.2) is 9.59 Å². The van der Waals surface area contributed by atoms with Crippen LogP contribution in [-0.2, 0) is 19.4 Å². The van der Waals surface area contributed by atoms with Crippen LogP contribution in [-0.4, -0.2) is 23.7 Å². The van der Waals surface area contributed by atoms with Crippen molar-refractivity contribution in [1.29, 1.82) is 0 Å². The third-order valence-corrected chi connectivity index (χ3v) is 1.03. The van der Waals surface area contributed by atoms with E-state index in [1.54, 1.807) is 6.92 Å². The van der Waals surface area contributed by atoms with Gasteiger partial charge < -0.3 is 5.11 Å². The predicted octanol–water partition coefficient (Wildman–Crippen LogP) is 0.379. The fraction of sp³-hybridized carbons (Fsp3) is 0.333. The summed E-state index contributed by atoms with van der Waals surface area (Å²) in [5.74, 6) is -2.20. The summed E-state index contributed by atoms with van der Waals surface area (Å²) in [7, 11) is 0. The van der Waals surface area contributed by atoms with Crippen molar-refractivity contribution in [3.05, 3.63) is 11.0 Å². The first-order valence-electron chi connectivity index (χ1n) is 3.05. The van der Waals surface area contributed by atoms with Gasteiger partial charge in [0.05, 0.1) is 11.5 Å². The summed E-state index contributed by atoms with van der Waals surface area (Å²) in [6.07, 6.45) is 0.616. The van der Waals surface area contributed by atoms with E-state index in [-0.39, 0.29) is 11.5 Å². The Hall–Kier alpha value is -1.01. The maximum absolute atomic E-state index is 10.7. The van der Waals surface area contributed by atoms with Gasteiger partial charge in [-0.2, -0.15) is 4.89 Å². The van der Waals surface area contributed by atoms with E-state index in [9.17, 15) is 9.59 Å². The van der Waals surface area contributed by atoms with E-state index in [4.69, 9.17) is 5.11 Å². The molecule has 0 atom stereocenters. The predicted molar refractivity (Wildman–Crippen MR) is 42.4 cm³/mol. The summed E-state index contributed by atoms with van der Waals surface area (Å²) in [6.45, 7) is 1.81. The first-order valence-corrected chi connectivity index (χ1v) is 3.50. The molecule has 6 heteroatoms. The molecular weight excluding hydrogens is 184 g/mol. The number of rotatable bonds is 4. The molecule has 5 nitrogen and oxygen atoms in total. The average Bonchev–Trinajstić information content (AvgIpc) is 1.98. The summed E-state index contributed by atoms with van der Waals surface area (Å²) in [5.41, 5.74) is 0. The van der Waals surface area contributed by atoms with Crippen LogP contribution in [0.15, 0.2) is 11.0 Å². The van der Waals surface area contributed by atoms with Crippen molar-refractivity contribution >= 4 is 24.6 Å². The average molecular weight is 192 g/mol. The minimum Gasteiger partial charge on any atom is -0.478 e. The van der Waals surface area contributed by atoms with Gasteiger partial charge in [0.15, 0.2) is 0 Å². The van der Waals surface area contributed by atoms with Crippen LogP contribution < -0.4 is 0 Å². The SMILES string of the molecule is CCOOC(=O)C(S)=CC(=O)O. The van der Waals surface area contributed by atoms with Gasteiger partial charge in [0.2, 0.25) is 0 Å². The van der Waals surface area contributed by atoms with Crippen LogP contribution in [0.3, 0.4) is 0 Å². The van der Waals surface area contributed by atoms with Crippen molar-refractivity contribution in [1.82, 2.24) is 0 Å². The first kappa shape index (κ1) is 11.0. The van der Waals surface area contributed by atoms with Crippen molar-refractivity contribution in [2.24, 2.45) is 0 Å². The molecule has 1 N–H and O–H groups in total. The molecule has 0 spiro atoms. The van der Waals surface area contributed by atoms with E-state index in [0.717, 1.165) is 0 Å². The second-order valence-electron chi connectivity index (χ2n) is 1.65. The lowest BCUT2D eigenvalue weighted by atomic mass is 10.5. The molecule has 0 heterocycles. The van der Waals surface area contributed by atoms with Gasteiger partial charge in [-0.15, -0.1) is 12.6 Å². The van der Waals surface area contributed by atoms with E-state index in [1.807, 2.05) is 0 Å². The third kappa shape index (κ3) is 4.75. The number of carboxylic acids is 1. The third-order valence-electron chi connectivity index (χ3n) is 0.722. The largest absolute Gasteiger partial charge is 0.478 e. The maximum Gasteiger partial charge on any atom is 0.379 e. The molecule has 0 amide bonds. The summed E-state index contributed by atoms with van der Waals surface area (Å²) in [6, 6.07) is 0. The Labute approximate surface area is 74.3 Å². The summed E-state index contributed by atoms with van der Waals surface area (Å²) in [4.78, 5) is 28.7. The van der Waals surface area contributed by atoms with Crippen molar-refractivity contribution < 1.29 is 24.5 Å². The van der Waals surface area contributed by atoms with Gasteiger partial charge in [0.25, 0.3) is 0 Å². The minimum absolute atomic E-state index is 0.194. The molecule has 0 saturated heterocycles. The zero-order valence-corrected chi connectivity index (χ0v) is 7.21. The molecule has 68 valence electrons. The number of carboxylic acid groups (broad SMARTS) is 1. The van der Waals surface area contributed by atoms with E-state index < -0.39 is 11.9 Å². The molecule has 0 radical (unpaired) electrons. The maximum atomic E-state index is 10.7. The van der Waals surface area contributed by atoms with Gasteiger partial charge in [-0.05, 0) is 6.92 Å². The summed E-state index contributed by atoms with van der Waals surface area (Å²) in [5, 5.41) is 8.18. The van der Waals surface area contributed by atoms with Crippen molar-refractivity contribution in [3.63, 3.8) is 0 Å². The first-order chi connectivity index (χ1) is 5.57. The molecule has 0 fully saturated rings. The van der Waals surface area contributed by atoms with Crippen LogP contribution in [0.25, 0.3) is 0 Å². The molecule has 0 unspecified atom stereocenters. The normalized spacial score (nSPS) is 11.0. The Morgan fingerprint density at radius 3 is 2.58 bits per heavy atom. The molecule has 0 aliphatic rings. The second-order valence-corrected chi connectivity index (χ2v) is 2.13. The van der Waals surface area contributed by atoms with Gasteiger partial charge in [0.1, 0.15) is 0 Å². The fourth-order valence-electron chi connectivity index (χ4n) is 0.331. The standard InChI is InChI=1S/C6H8O5S/c1-2-10-11-6(9)4(12)3-5(7)8/h3,12H,2H2,1H3,(H,7,8). The highest BCUT2D eigenvalue weighted by molar-refractivity contribution is 7.85. The van der Waals surface area contributed by atoms with Gasteiger partial charge >= 0.3 is 11.9 Å². The topological polar surface area (TPSA) is 72.8 Å². The molecule has 0 aromatic rings. The van der Waals surface area contributed by atoms with Crippen LogP contribution >= 0.6 is 12.6 Å². The Bertz CT molecular complexity index is 210. The van der Waals surface area contributed by atoms with Crippen LogP contribution in [0.5, 0.6) is 0 Å². The molecule has 12 heavy (non-hydrogen) atoms. The highest BCUT2D eigenvalue weighted by Crippen LogP contribution is 2.02. The minimum atomic E-state index is -1.27. The lowest BCUT2D eigenvalue weighted by Gasteiger charge is -1.98. The molecule has 0 saturated carbocycles. The van der Waals surface area contributed by atoms with Crippen LogP contribution in [0.1, 0.15) is 6.92 Å². The Morgan fingerprint density at radius 2 is 2.17 bits per heavy atom. The number of thiol groups is 1. The Balaban J connectivity index is 4.01. The number of hydrogen-bond donors (Lipinski definition) is 2. The van der Waals surface area contributed by atoms with E-state index >= 15 is 0 Å². The summed E-state index contributed by atoms with van der Waals surface area (Å²) < 4.78 is 0. The number of hydrogen-bond acceptors (Lipinski definition) is 5. The van der Waals surface area contributed by atoms with Gasteiger partial charge in [0, 0.05) is 6.08 Å². The fourth-order valence-corrected chi connectivity index (χ4v) is 0.479. The zero-order valence-electron chi connectivity index (χ0n) is 6.31. The van der Waals surface area contributed by atoms with E-state index in [0.29, 0.717) is 6.08 Å². The number of carbonyl (C=O) groups excluding carboxylic acids is 1. The lowest BCUT2D eigenvalue weighted by molar-refractivity contribution is -0.264. The van der Waals surface area contributed by atoms with Gasteiger partial charge in [-0.3, -0.25) is 4.89 Å². The highest BCUT2D eigenvalue weighted by Gasteiger charge is 2.08. The molecular formula is C6H8O5S.